The summed E-state index contributed by atoms with van der Waals surface area (Å²) in [6.45, 7) is 4.41. The van der Waals surface area contributed by atoms with Crippen LogP contribution in [0, 0.1) is 5.82 Å². The summed E-state index contributed by atoms with van der Waals surface area (Å²) in [6.07, 6.45) is 7.81. The SMILES string of the molecule is CCCCCCCCNCc1cc(Br)c(OCc2ccc(F)cc2)c(OC)c1. The van der Waals surface area contributed by atoms with Crippen LogP contribution in [0.2, 0.25) is 0 Å². The van der Waals surface area contributed by atoms with Crippen LogP contribution in [0.25, 0.3) is 0 Å². The van der Waals surface area contributed by atoms with Gasteiger partial charge in [0.2, 0.25) is 0 Å². The van der Waals surface area contributed by atoms with Gasteiger partial charge >= 0.3 is 0 Å². The molecule has 0 aliphatic heterocycles. The number of methoxy groups -OCH3 is 1. The van der Waals surface area contributed by atoms with Crippen LogP contribution in [0.1, 0.15) is 56.6 Å². The number of nitrogens with one attached hydrogen (secondary N) is 1. The Bertz CT molecular complexity index is 706. The lowest BCUT2D eigenvalue weighted by Crippen LogP contribution is -2.14. The first-order valence-corrected chi connectivity index (χ1v) is 10.9. The van der Waals surface area contributed by atoms with Gasteiger partial charge in [-0.05, 0) is 64.3 Å². The molecule has 0 radical (unpaired) electrons. The zero-order chi connectivity index (χ0) is 20.2. The highest BCUT2D eigenvalue weighted by Crippen LogP contribution is 2.37. The van der Waals surface area contributed by atoms with E-state index in [0.717, 1.165) is 28.7 Å². The molecule has 154 valence electrons. The van der Waals surface area contributed by atoms with Crippen LogP contribution in [0.15, 0.2) is 40.9 Å². The molecule has 3 nitrogen and oxygen atoms in total. The van der Waals surface area contributed by atoms with E-state index in [1.165, 1.54) is 50.7 Å². The second kappa shape index (κ2) is 12.8. The van der Waals surface area contributed by atoms with Crippen molar-refractivity contribution in [3.8, 4) is 11.5 Å². The third-order valence-electron chi connectivity index (χ3n) is 4.62. The zero-order valence-electron chi connectivity index (χ0n) is 16.9. The van der Waals surface area contributed by atoms with Crippen molar-refractivity contribution >= 4 is 15.9 Å². The van der Waals surface area contributed by atoms with Crippen molar-refractivity contribution in [2.45, 2.75) is 58.6 Å². The summed E-state index contributed by atoms with van der Waals surface area (Å²) in [4.78, 5) is 0. The third-order valence-corrected chi connectivity index (χ3v) is 5.21. The van der Waals surface area contributed by atoms with Gasteiger partial charge in [-0.3, -0.25) is 0 Å². The lowest BCUT2D eigenvalue weighted by molar-refractivity contribution is 0.282. The smallest absolute Gasteiger partial charge is 0.175 e. The number of rotatable bonds is 13. The van der Waals surface area contributed by atoms with Crippen molar-refractivity contribution in [2.24, 2.45) is 0 Å². The molecule has 1 N–H and O–H groups in total. The summed E-state index contributed by atoms with van der Waals surface area (Å²) < 4.78 is 25.3. The van der Waals surface area contributed by atoms with Crippen LogP contribution >= 0.6 is 15.9 Å². The quantitative estimate of drug-likeness (QED) is 0.346. The highest BCUT2D eigenvalue weighted by molar-refractivity contribution is 9.10. The monoisotopic (exact) mass is 451 g/mol. The van der Waals surface area contributed by atoms with E-state index in [1.807, 2.05) is 6.07 Å². The molecule has 0 amide bonds. The van der Waals surface area contributed by atoms with Crippen LogP contribution < -0.4 is 14.8 Å². The normalized spacial score (nSPS) is 10.9. The van der Waals surface area contributed by atoms with E-state index >= 15 is 0 Å². The lowest BCUT2D eigenvalue weighted by Gasteiger charge is -2.15. The summed E-state index contributed by atoms with van der Waals surface area (Å²) in [5.74, 6) is 1.10. The molecule has 2 rings (SSSR count). The molecule has 0 saturated heterocycles. The van der Waals surface area contributed by atoms with Crippen LogP contribution in [0.3, 0.4) is 0 Å². The minimum absolute atomic E-state index is 0.250. The molecule has 0 spiro atoms. The fraction of sp³-hybridized carbons (Fsp3) is 0.478. The van der Waals surface area contributed by atoms with Crippen molar-refractivity contribution in [3.63, 3.8) is 0 Å². The Morgan fingerprint density at radius 2 is 1.68 bits per heavy atom. The highest BCUT2D eigenvalue weighted by atomic mass is 79.9. The van der Waals surface area contributed by atoms with Gasteiger partial charge in [-0.15, -0.1) is 0 Å². The minimum atomic E-state index is -0.250. The third kappa shape index (κ3) is 7.80. The molecule has 2 aromatic rings. The Kier molecular flexibility index (Phi) is 10.4. The van der Waals surface area contributed by atoms with Crippen molar-refractivity contribution in [2.75, 3.05) is 13.7 Å². The average molecular weight is 452 g/mol. The minimum Gasteiger partial charge on any atom is -0.493 e. The van der Waals surface area contributed by atoms with Crippen molar-refractivity contribution in [3.05, 3.63) is 57.8 Å². The first-order valence-electron chi connectivity index (χ1n) is 10.1. The summed E-state index contributed by atoms with van der Waals surface area (Å²) in [5, 5.41) is 3.50. The van der Waals surface area contributed by atoms with E-state index in [0.29, 0.717) is 18.1 Å². The molecule has 28 heavy (non-hydrogen) atoms. The molecule has 5 heteroatoms. The van der Waals surface area contributed by atoms with Crippen LogP contribution in [-0.4, -0.2) is 13.7 Å². The topological polar surface area (TPSA) is 30.5 Å². The van der Waals surface area contributed by atoms with Crippen molar-refractivity contribution in [1.29, 1.82) is 0 Å². The molecule has 0 fully saturated rings. The van der Waals surface area contributed by atoms with Gasteiger partial charge in [-0.25, -0.2) is 4.39 Å². The summed E-state index contributed by atoms with van der Waals surface area (Å²) in [5.41, 5.74) is 2.05. The molecule has 0 unspecified atom stereocenters. The van der Waals surface area contributed by atoms with Crippen molar-refractivity contribution < 1.29 is 13.9 Å². The van der Waals surface area contributed by atoms with E-state index in [1.54, 1.807) is 19.2 Å². The molecule has 0 heterocycles. The number of halogens is 2. The second-order valence-electron chi connectivity index (χ2n) is 6.97. The predicted molar refractivity (Wildman–Crippen MR) is 117 cm³/mol. The van der Waals surface area contributed by atoms with Crippen LogP contribution in [-0.2, 0) is 13.2 Å². The Morgan fingerprint density at radius 3 is 2.39 bits per heavy atom. The van der Waals surface area contributed by atoms with Gasteiger partial charge in [0.15, 0.2) is 11.5 Å². The van der Waals surface area contributed by atoms with Crippen molar-refractivity contribution in [1.82, 2.24) is 5.32 Å². The van der Waals surface area contributed by atoms with E-state index in [2.05, 4.69) is 34.2 Å². The summed E-state index contributed by atoms with van der Waals surface area (Å²) in [7, 11) is 1.64. The number of hydrogen-bond donors (Lipinski definition) is 1. The Hall–Kier alpha value is -1.59. The molecular weight excluding hydrogens is 421 g/mol. The van der Waals surface area contributed by atoms with Crippen LogP contribution in [0.4, 0.5) is 4.39 Å². The fourth-order valence-corrected chi connectivity index (χ4v) is 3.62. The first-order chi connectivity index (χ1) is 13.6. The summed E-state index contributed by atoms with van der Waals surface area (Å²) in [6, 6.07) is 10.4. The highest BCUT2D eigenvalue weighted by Gasteiger charge is 2.12. The largest absolute Gasteiger partial charge is 0.493 e. The second-order valence-corrected chi connectivity index (χ2v) is 7.82. The van der Waals surface area contributed by atoms with Gasteiger partial charge in [0.05, 0.1) is 11.6 Å². The lowest BCUT2D eigenvalue weighted by atomic mass is 10.1. The number of unbranched alkanes of at least 4 members (excludes halogenated alkanes) is 5. The molecule has 0 saturated carbocycles. The van der Waals surface area contributed by atoms with E-state index in [9.17, 15) is 4.39 Å². The number of ether oxygens (including phenoxy) is 2. The standard InChI is InChI=1S/C23H31BrFNO2/c1-3-4-5-6-7-8-13-26-16-19-14-21(24)23(22(15-19)27-2)28-17-18-9-11-20(25)12-10-18/h9-12,14-15,26H,3-8,13,16-17H2,1-2H3. The maximum absolute atomic E-state index is 13.0. The van der Waals surface area contributed by atoms with Crippen LogP contribution in [0.5, 0.6) is 11.5 Å². The van der Waals surface area contributed by atoms with Gasteiger partial charge in [0.25, 0.3) is 0 Å². The van der Waals surface area contributed by atoms with Gasteiger partial charge in [-0.2, -0.15) is 0 Å². The Balaban J connectivity index is 1.83. The maximum atomic E-state index is 13.0. The predicted octanol–water partition coefficient (Wildman–Crippen LogP) is 6.63. The summed E-state index contributed by atoms with van der Waals surface area (Å²) >= 11 is 3.59. The molecule has 0 aliphatic carbocycles. The fourth-order valence-electron chi connectivity index (χ4n) is 3.01. The first kappa shape index (κ1) is 22.7. The van der Waals surface area contributed by atoms with Gasteiger partial charge in [-0.1, -0.05) is 51.2 Å². The Morgan fingerprint density at radius 1 is 0.964 bits per heavy atom. The zero-order valence-corrected chi connectivity index (χ0v) is 18.5. The molecule has 0 atom stereocenters. The number of hydrogen-bond acceptors (Lipinski definition) is 3. The maximum Gasteiger partial charge on any atom is 0.175 e. The molecular formula is C23H31BrFNO2. The van der Waals surface area contributed by atoms with E-state index in [4.69, 9.17) is 9.47 Å². The van der Waals surface area contributed by atoms with Gasteiger partial charge in [0.1, 0.15) is 12.4 Å². The van der Waals surface area contributed by atoms with Gasteiger partial charge in [0, 0.05) is 6.54 Å². The van der Waals surface area contributed by atoms with E-state index in [-0.39, 0.29) is 5.82 Å². The van der Waals surface area contributed by atoms with Gasteiger partial charge < -0.3 is 14.8 Å². The molecule has 0 aliphatic rings. The number of benzene rings is 2. The molecule has 0 bridgehead atoms. The molecule has 2 aromatic carbocycles. The molecule has 0 aromatic heterocycles. The van der Waals surface area contributed by atoms with E-state index < -0.39 is 0 Å². The Labute approximate surface area is 176 Å². The average Bonchev–Trinajstić information content (AvgIpc) is 2.70.